The molecule has 0 heterocycles. The van der Waals surface area contributed by atoms with E-state index in [1.165, 1.54) is 0 Å². The normalized spacial score (nSPS) is 10.3. The number of ether oxygens (including phenoxy) is 1. The average Bonchev–Trinajstić information content (AvgIpc) is 2.67. The van der Waals surface area contributed by atoms with Crippen molar-refractivity contribution in [3.8, 4) is 5.75 Å². The van der Waals surface area contributed by atoms with E-state index in [0.717, 1.165) is 16.8 Å². The first-order chi connectivity index (χ1) is 13.3. The molecule has 0 bridgehead atoms. The highest BCUT2D eigenvalue weighted by molar-refractivity contribution is 6.32. The van der Waals surface area contributed by atoms with Gasteiger partial charge >= 0.3 is 0 Å². The maximum absolute atomic E-state index is 12.1. The lowest BCUT2D eigenvalue weighted by Gasteiger charge is -2.13. The van der Waals surface area contributed by atoms with Gasteiger partial charge in [-0.3, -0.25) is 9.59 Å². The molecule has 0 aliphatic heterocycles. The summed E-state index contributed by atoms with van der Waals surface area (Å²) in [7, 11) is 3.88. The maximum Gasteiger partial charge on any atom is 0.258 e. The maximum atomic E-state index is 12.1. The van der Waals surface area contributed by atoms with Gasteiger partial charge in [0.1, 0.15) is 5.75 Å². The van der Waals surface area contributed by atoms with Crippen LogP contribution in [0.25, 0.3) is 0 Å². The fourth-order valence-electron chi connectivity index (χ4n) is 2.58. The third-order valence-corrected chi connectivity index (χ3v) is 4.75. The summed E-state index contributed by atoms with van der Waals surface area (Å²) >= 11 is 6.12. The first-order valence-corrected chi connectivity index (χ1v) is 9.37. The molecule has 7 heteroatoms. The summed E-state index contributed by atoms with van der Waals surface area (Å²) in [5.74, 6) is 0.168. The van der Waals surface area contributed by atoms with E-state index in [-0.39, 0.29) is 18.4 Å². The summed E-state index contributed by atoms with van der Waals surface area (Å²) in [6, 6.07) is 10.9. The Morgan fingerprint density at radius 1 is 1.00 bits per heavy atom. The van der Waals surface area contributed by atoms with Crippen molar-refractivity contribution in [1.29, 1.82) is 0 Å². The summed E-state index contributed by atoms with van der Waals surface area (Å²) in [5, 5.41) is 6.19. The van der Waals surface area contributed by atoms with Gasteiger partial charge in [-0.1, -0.05) is 11.6 Å². The van der Waals surface area contributed by atoms with Crippen molar-refractivity contribution in [3.05, 3.63) is 58.1 Å². The molecule has 6 nitrogen and oxygen atoms in total. The van der Waals surface area contributed by atoms with Crippen LogP contribution < -0.4 is 20.3 Å². The molecule has 0 atom stereocenters. The molecule has 150 valence electrons. The van der Waals surface area contributed by atoms with Gasteiger partial charge < -0.3 is 20.3 Å². The number of carbonyl (C=O) groups is 2. The van der Waals surface area contributed by atoms with E-state index in [0.29, 0.717) is 29.4 Å². The van der Waals surface area contributed by atoms with E-state index < -0.39 is 0 Å². The molecule has 2 aromatic carbocycles. The highest BCUT2D eigenvalue weighted by Crippen LogP contribution is 2.25. The van der Waals surface area contributed by atoms with E-state index >= 15 is 0 Å². The van der Waals surface area contributed by atoms with E-state index in [9.17, 15) is 9.59 Å². The topological polar surface area (TPSA) is 70.7 Å². The number of rotatable bonds is 8. The van der Waals surface area contributed by atoms with Gasteiger partial charge in [-0.05, 0) is 61.4 Å². The van der Waals surface area contributed by atoms with Crippen LogP contribution in [0.4, 0.5) is 5.69 Å². The molecular weight excluding hydrogens is 378 g/mol. The summed E-state index contributed by atoms with van der Waals surface area (Å²) in [4.78, 5) is 26.0. The minimum atomic E-state index is -0.255. The van der Waals surface area contributed by atoms with Crippen LogP contribution in [0.5, 0.6) is 5.75 Å². The highest BCUT2D eigenvalue weighted by atomic mass is 35.5. The SMILES string of the molecule is Cc1cc(OCC(=O)NCCNC(=O)c2ccc(N(C)C)cc2)cc(C)c1Cl. The Morgan fingerprint density at radius 3 is 2.14 bits per heavy atom. The van der Waals surface area contributed by atoms with Gasteiger partial charge in [0, 0.05) is 43.5 Å². The Labute approximate surface area is 170 Å². The quantitative estimate of drug-likeness (QED) is 0.665. The molecular formula is C21H26ClN3O3. The second-order valence-electron chi connectivity index (χ2n) is 6.71. The number of carbonyl (C=O) groups excluding carboxylic acids is 2. The van der Waals surface area contributed by atoms with Crippen LogP contribution in [0.15, 0.2) is 36.4 Å². The van der Waals surface area contributed by atoms with Crippen LogP contribution in [0.2, 0.25) is 5.02 Å². The van der Waals surface area contributed by atoms with Crippen LogP contribution in [0.3, 0.4) is 0 Å². The predicted octanol–water partition coefficient (Wildman–Crippen LogP) is 2.95. The summed E-state index contributed by atoms with van der Waals surface area (Å²) < 4.78 is 5.50. The Bertz CT molecular complexity index is 812. The number of halogens is 1. The van der Waals surface area contributed by atoms with E-state index in [1.54, 1.807) is 24.3 Å². The molecule has 0 aliphatic carbocycles. The van der Waals surface area contributed by atoms with Crippen molar-refractivity contribution in [1.82, 2.24) is 10.6 Å². The number of amides is 2. The van der Waals surface area contributed by atoms with Gasteiger partial charge in [0.25, 0.3) is 11.8 Å². The van der Waals surface area contributed by atoms with Crippen LogP contribution >= 0.6 is 11.6 Å². The van der Waals surface area contributed by atoms with E-state index in [4.69, 9.17) is 16.3 Å². The number of benzene rings is 2. The molecule has 0 saturated heterocycles. The number of anilines is 1. The smallest absolute Gasteiger partial charge is 0.258 e. The first-order valence-electron chi connectivity index (χ1n) is 8.99. The molecule has 0 radical (unpaired) electrons. The first kappa shape index (κ1) is 21.6. The minimum Gasteiger partial charge on any atom is -0.484 e. The fraction of sp³-hybridized carbons (Fsp3) is 0.333. The zero-order chi connectivity index (χ0) is 20.7. The number of nitrogens with one attached hydrogen (secondary N) is 2. The van der Waals surface area contributed by atoms with Crippen molar-refractivity contribution in [2.45, 2.75) is 13.8 Å². The van der Waals surface area contributed by atoms with Gasteiger partial charge in [-0.2, -0.15) is 0 Å². The monoisotopic (exact) mass is 403 g/mol. The molecule has 0 saturated carbocycles. The summed E-state index contributed by atoms with van der Waals surface area (Å²) in [6.45, 7) is 4.33. The molecule has 0 spiro atoms. The number of hydrogen-bond donors (Lipinski definition) is 2. The molecule has 2 aromatic rings. The predicted molar refractivity (Wildman–Crippen MR) is 113 cm³/mol. The highest BCUT2D eigenvalue weighted by Gasteiger charge is 2.08. The van der Waals surface area contributed by atoms with Gasteiger partial charge in [0.05, 0.1) is 0 Å². The molecule has 2 N–H and O–H groups in total. The van der Waals surface area contributed by atoms with Crippen LogP contribution in [-0.2, 0) is 4.79 Å². The lowest BCUT2D eigenvalue weighted by Crippen LogP contribution is -2.36. The van der Waals surface area contributed by atoms with Gasteiger partial charge in [-0.25, -0.2) is 0 Å². The number of aryl methyl sites for hydroxylation is 2. The number of hydrogen-bond acceptors (Lipinski definition) is 4. The minimum absolute atomic E-state index is 0.0968. The van der Waals surface area contributed by atoms with E-state index in [2.05, 4.69) is 10.6 Å². The second kappa shape index (κ2) is 9.99. The van der Waals surface area contributed by atoms with Crippen molar-refractivity contribution < 1.29 is 14.3 Å². The second-order valence-corrected chi connectivity index (χ2v) is 7.08. The summed E-state index contributed by atoms with van der Waals surface area (Å²) in [5.41, 5.74) is 3.40. The average molecular weight is 404 g/mol. The Balaban J connectivity index is 1.70. The third-order valence-electron chi connectivity index (χ3n) is 4.16. The molecule has 28 heavy (non-hydrogen) atoms. The lowest BCUT2D eigenvalue weighted by molar-refractivity contribution is -0.123. The van der Waals surface area contributed by atoms with Gasteiger partial charge in [-0.15, -0.1) is 0 Å². The molecule has 0 aliphatic rings. The zero-order valence-electron chi connectivity index (χ0n) is 16.6. The van der Waals surface area contributed by atoms with Gasteiger partial charge in [0.2, 0.25) is 0 Å². The van der Waals surface area contributed by atoms with E-state index in [1.807, 2.05) is 45.0 Å². The summed E-state index contributed by atoms with van der Waals surface area (Å²) in [6.07, 6.45) is 0. The van der Waals surface area contributed by atoms with Crippen molar-refractivity contribution in [2.24, 2.45) is 0 Å². The van der Waals surface area contributed by atoms with Crippen molar-refractivity contribution >= 4 is 29.1 Å². The lowest BCUT2D eigenvalue weighted by atomic mass is 10.1. The van der Waals surface area contributed by atoms with Crippen LogP contribution in [0, 0.1) is 13.8 Å². The van der Waals surface area contributed by atoms with Crippen molar-refractivity contribution in [3.63, 3.8) is 0 Å². The molecule has 2 amide bonds. The molecule has 0 fully saturated rings. The van der Waals surface area contributed by atoms with Gasteiger partial charge in [0.15, 0.2) is 6.61 Å². The fourth-order valence-corrected chi connectivity index (χ4v) is 2.69. The zero-order valence-corrected chi connectivity index (χ0v) is 17.4. The largest absolute Gasteiger partial charge is 0.484 e. The standard InChI is InChI=1S/C21H26ClN3O3/c1-14-11-18(12-15(2)20(14)22)28-13-19(26)23-9-10-24-21(27)16-5-7-17(8-6-16)25(3)4/h5-8,11-12H,9-10,13H2,1-4H3,(H,23,26)(H,24,27). The van der Waals surface area contributed by atoms with Crippen LogP contribution in [0.1, 0.15) is 21.5 Å². The molecule has 0 aromatic heterocycles. The molecule has 2 rings (SSSR count). The van der Waals surface area contributed by atoms with Crippen molar-refractivity contribution in [2.75, 3.05) is 38.7 Å². The Morgan fingerprint density at radius 2 is 1.57 bits per heavy atom. The Hall–Kier alpha value is -2.73. The Kier molecular flexibility index (Phi) is 7.70. The van der Waals surface area contributed by atoms with Crippen LogP contribution in [-0.4, -0.2) is 45.6 Å². The molecule has 0 unspecified atom stereocenters. The third kappa shape index (κ3) is 6.16. The number of nitrogens with zero attached hydrogens (tertiary/aromatic N) is 1.